The highest BCUT2D eigenvalue weighted by molar-refractivity contribution is 8.33. The molecule has 3 heteroatoms. The smallest absolute Gasteiger partial charge is 0.0892 e. The van der Waals surface area contributed by atoms with Crippen LogP contribution >= 0.6 is 20.4 Å². The van der Waals surface area contributed by atoms with Crippen LogP contribution in [0.1, 0.15) is 0 Å². The van der Waals surface area contributed by atoms with Crippen molar-refractivity contribution in [2.24, 2.45) is 0 Å². The average molecular weight is 122 g/mol. The van der Waals surface area contributed by atoms with E-state index >= 15 is 0 Å². The highest BCUT2D eigenvalue weighted by Gasteiger charge is 1.75. The SMILES string of the molecule is C=S(Cl)CC#N. The molecule has 0 bridgehead atoms. The molecule has 1 atom stereocenters. The molecule has 0 amide bonds. The van der Waals surface area contributed by atoms with Gasteiger partial charge in [0.1, 0.15) is 0 Å². The minimum absolute atomic E-state index is 0.363. The van der Waals surface area contributed by atoms with E-state index in [0.717, 1.165) is 0 Å². The lowest BCUT2D eigenvalue weighted by Gasteiger charge is -1.77. The molecule has 0 N–H and O–H groups in total. The van der Waals surface area contributed by atoms with E-state index in [-0.39, 0.29) is 0 Å². The molecule has 0 aliphatic heterocycles. The molecule has 0 fully saturated rings. The Bertz CT molecular complexity index is 93.5. The largest absolute Gasteiger partial charge is 0.197 e. The van der Waals surface area contributed by atoms with Crippen LogP contribution in [0.25, 0.3) is 0 Å². The van der Waals surface area contributed by atoms with Crippen LogP contribution in [-0.2, 0) is 0 Å². The van der Waals surface area contributed by atoms with E-state index < -0.39 is 9.70 Å². The van der Waals surface area contributed by atoms with Crippen molar-refractivity contribution < 1.29 is 0 Å². The van der Waals surface area contributed by atoms with Gasteiger partial charge in [0, 0.05) is 0 Å². The summed E-state index contributed by atoms with van der Waals surface area (Å²) in [4.78, 5) is 0. The Morgan fingerprint density at radius 1 is 2.00 bits per heavy atom. The minimum Gasteiger partial charge on any atom is -0.197 e. The highest BCUT2D eigenvalue weighted by Crippen LogP contribution is 2.12. The number of rotatable bonds is 1. The van der Waals surface area contributed by atoms with Gasteiger partial charge in [-0.3, -0.25) is 0 Å². The van der Waals surface area contributed by atoms with Crippen molar-refractivity contribution in [2.45, 2.75) is 0 Å². The van der Waals surface area contributed by atoms with Crippen LogP contribution in [-0.4, -0.2) is 11.6 Å². The van der Waals surface area contributed by atoms with Crippen LogP contribution in [0.3, 0.4) is 0 Å². The van der Waals surface area contributed by atoms with Crippen LogP contribution in [0, 0.1) is 11.3 Å². The first-order valence-electron chi connectivity index (χ1n) is 1.31. The number of nitriles is 1. The topological polar surface area (TPSA) is 23.8 Å². The molecule has 1 nitrogen and oxygen atoms in total. The first kappa shape index (κ1) is 6.00. The van der Waals surface area contributed by atoms with Crippen molar-refractivity contribution in [1.82, 2.24) is 0 Å². The fraction of sp³-hybridized carbons (Fsp3) is 0.333. The van der Waals surface area contributed by atoms with Crippen LogP contribution < -0.4 is 0 Å². The lowest BCUT2D eigenvalue weighted by molar-refractivity contribution is 1.50. The fourth-order valence-corrected chi connectivity index (χ4v) is 0.357. The monoisotopic (exact) mass is 121 g/mol. The van der Waals surface area contributed by atoms with Crippen molar-refractivity contribution in [3.63, 3.8) is 0 Å². The second-order valence-corrected chi connectivity index (χ2v) is 3.17. The summed E-state index contributed by atoms with van der Waals surface area (Å²) in [5, 5.41) is 7.87. The first-order valence-corrected chi connectivity index (χ1v) is 3.70. The zero-order chi connectivity index (χ0) is 4.99. The molecule has 0 spiro atoms. The van der Waals surface area contributed by atoms with Gasteiger partial charge in [-0.25, -0.2) is 0 Å². The van der Waals surface area contributed by atoms with Gasteiger partial charge in [-0.1, -0.05) is 26.3 Å². The maximum Gasteiger partial charge on any atom is 0.0892 e. The molecule has 0 aromatic rings. The normalized spacial score (nSPS) is 12.7. The predicted octanol–water partition coefficient (Wildman–Crippen LogP) is 1.36. The van der Waals surface area contributed by atoms with Crippen molar-refractivity contribution in [1.29, 1.82) is 5.26 Å². The van der Waals surface area contributed by atoms with Gasteiger partial charge in [-0.15, -0.1) is 0 Å². The zero-order valence-corrected chi connectivity index (χ0v) is 4.72. The van der Waals surface area contributed by atoms with Crippen molar-refractivity contribution in [2.75, 3.05) is 5.75 Å². The number of hydrogen-bond acceptors (Lipinski definition) is 1. The van der Waals surface area contributed by atoms with Crippen LogP contribution in [0.4, 0.5) is 0 Å². The molecule has 0 rings (SSSR count). The van der Waals surface area contributed by atoms with Gasteiger partial charge in [0.2, 0.25) is 0 Å². The van der Waals surface area contributed by atoms with Crippen LogP contribution in [0.15, 0.2) is 0 Å². The van der Waals surface area contributed by atoms with Gasteiger partial charge in [0.05, 0.1) is 11.8 Å². The quantitative estimate of drug-likeness (QED) is 0.481. The van der Waals surface area contributed by atoms with Gasteiger partial charge in [-0.05, 0) is 0 Å². The van der Waals surface area contributed by atoms with E-state index in [9.17, 15) is 0 Å². The Balaban J connectivity index is 3.13. The molecular weight excluding hydrogens is 118 g/mol. The lowest BCUT2D eigenvalue weighted by Crippen LogP contribution is -1.61. The molecule has 0 aliphatic carbocycles. The van der Waals surface area contributed by atoms with Gasteiger partial charge in [0.25, 0.3) is 0 Å². The Hall–Kier alpha value is 0.0000000000000000555. The van der Waals surface area contributed by atoms with E-state index in [4.69, 9.17) is 15.9 Å². The molecule has 0 aliphatic rings. The Labute approximate surface area is 44.0 Å². The lowest BCUT2D eigenvalue weighted by atomic mass is 10.9. The summed E-state index contributed by atoms with van der Waals surface area (Å²) in [7, 11) is 4.82. The average Bonchev–Trinajstić information content (AvgIpc) is 1.35. The van der Waals surface area contributed by atoms with Crippen molar-refractivity contribution >= 4 is 26.3 Å². The van der Waals surface area contributed by atoms with Crippen molar-refractivity contribution in [3.8, 4) is 6.07 Å². The maximum atomic E-state index is 7.87. The second-order valence-electron chi connectivity index (χ2n) is 0.725. The van der Waals surface area contributed by atoms with E-state index in [1.54, 1.807) is 0 Å². The zero-order valence-electron chi connectivity index (χ0n) is 3.15. The van der Waals surface area contributed by atoms with E-state index in [0.29, 0.717) is 5.75 Å². The van der Waals surface area contributed by atoms with Gasteiger partial charge in [-0.2, -0.15) is 5.26 Å². The minimum atomic E-state index is -0.454. The summed E-state index contributed by atoms with van der Waals surface area (Å²) in [5.41, 5.74) is 0. The predicted molar refractivity (Wildman–Crippen MR) is 31.0 cm³/mol. The first-order chi connectivity index (χ1) is 2.77. The Kier molecular flexibility index (Phi) is 3.20. The second kappa shape index (κ2) is 3.20. The van der Waals surface area contributed by atoms with Gasteiger partial charge >= 0.3 is 0 Å². The van der Waals surface area contributed by atoms with E-state index in [2.05, 4.69) is 5.87 Å². The number of halogens is 1. The van der Waals surface area contributed by atoms with Gasteiger partial charge < -0.3 is 0 Å². The molecule has 0 saturated heterocycles. The summed E-state index contributed by atoms with van der Waals surface area (Å²) < 4.78 is 0. The summed E-state index contributed by atoms with van der Waals surface area (Å²) in [6, 6.07) is 1.89. The molecule has 0 heterocycles. The molecule has 0 saturated carbocycles. The van der Waals surface area contributed by atoms with Crippen LogP contribution in [0.5, 0.6) is 0 Å². The molecular formula is C3H4ClNS. The third-order valence-electron chi connectivity index (χ3n) is 0.221. The summed E-state index contributed by atoms with van der Waals surface area (Å²) in [5.74, 6) is 3.76. The standard InChI is InChI=1S/C3H4ClNS/c1-6(4)3-2-5/h1,3H2. The van der Waals surface area contributed by atoms with Gasteiger partial charge in [0.15, 0.2) is 0 Å². The molecule has 0 aromatic heterocycles. The fourth-order valence-electron chi connectivity index (χ4n) is 0.0700. The molecule has 0 radical (unpaired) electrons. The Morgan fingerprint density at radius 2 is 2.50 bits per heavy atom. The summed E-state index contributed by atoms with van der Waals surface area (Å²) in [6.45, 7) is 0. The number of nitrogens with zero attached hydrogens (tertiary/aromatic N) is 1. The summed E-state index contributed by atoms with van der Waals surface area (Å²) >= 11 is 0. The van der Waals surface area contributed by atoms with E-state index in [1.807, 2.05) is 6.07 Å². The molecule has 0 aromatic carbocycles. The summed E-state index contributed by atoms with van der Waals surface area (Å²) in [6.07, 6.45) is 0. The van der Waals surface area contributed by atoms with E-state index in [1.165, 1.54) is 0 Å². The van der Waals surface area contributed by atoms with Crippen molar-refractivity contribution in [3.05, 3.63) is 0 Å². The van der Waals surface area contributed by atoms with Crippen LogP contribution in [0.2, 0.25) is 0 Å². The highest BCUT2D eigenvalue weighted by atomic mass is 35.7. The third kappa shape index (κ3) is 4.00. The molecule has 1 unspecified atom stereocenters. The molecule has 6 heavy (non-hydrogen) atoms. The number of hydrogen-bond donors (Lipinski definition) is 0. The molecule has 34 valence electrons. The Morgan fingerprint density at radius 3 is 2.50 bits per heavy atom. The third-order valence-corrected chi connectivity index (χ3v) is 0.991. The maximum absolute atomic E-state index is 7.87.